The van der Waals surface area contributed by atoms with Crippen molar-refractivity contribution < 1.29 is 13.5 Å². The highest BCUT2D eigenvalue weighted by Crippen LogP contribution is 2.29. The van der Waals surface area contributed by atoms with Crippen molar-refractivity contribution >= 4 is 10.0 Å². The number of aryl methyl sites for hydroxylation is 2. The second-order valence-corrected chi connectivity index (χ2v) is 7.08. The highest BCUT2D eigenvalue weighted by atomic mass is 32.2. The third kappa shape index (κ3) is 2.06. The molecule has 0 saturated carbocycles. The Morgan fingerprint density at radius 3 is 2.39 bits per heavy atom. The van der Waals surface area contributed by atoms with E-state index < -0.39 is 15.6 Å². The van der Waals surface area contributed by atoms with Crippen LogP contribution < -0.4 is 0 Å². The molecule has 1 unspecified atom stereocenters. The number of nitrogens with zero attached hydrogens (tertiary/aromatic N) is 3. The summed E-state index contributed by atoms with van der Waals surface area (Å²) in [6.07, 6.45) is 0.463. The molecule has 2 rings (SSSR count). The van der Waals surface area contributed by atoms with Crippen LogP contribution in [0.25, 0.3) is 0 Å². The number of sulfonamides is 1. The predicted molar refractivity (Wildman–Crippen MR) is 66.7 cm³/mol. The molecule has 0 bridgehead atoms. The van der Waals surface area contributed by atoms with E-state index in [1.807, 2.05) is 0 Å². The Balaban J connectivity index is 2.44. The highest BCUT2D eigenvalue weighted by Gasteiger charge is 2.40. The van der Waals surface area contributed by atoms with Gasteiger partial charge in [-0.15, -0.1) is 0 Å². The van der Waals surface area contributed by atoms with Gasteiger partial charge in [-0.05, 0) is 27.2 Å². The molecule has 2 heterocycles. The molecule has 1 atom stereocenters. The van der Waals surface area contributed by atoms with Gasteiger partial charge >= 0.3 is 0 Å². The Bertz CT molecular complexity index is 575. The van der Waals surface area contributed by atoms with Gasteiger partial charge in [-0.2, -0.15) is 9.40 Å². The average molecular weight is 273 g/mol. The summed E-state index contributed by atoms with van der Waals surface area (Å²) in [6.45, 7) is 5.58. The van der Waals surface area contributed by atoms with Crippen LogP contribution in [0, 0.1) is 13.8 Å². The molecular formula is C11H19N3O3S. The van der Waals surface area contributed by atoms with Gasteiger partial charge < -0.3 is 5.11 Å². The second-order valence-electron chi connectivity index (χ2n) is 5.21. The lowest BCUT2D eigenvalue weighted by atomic mass is 10.1. The maximum atomic E-state index is 12.5. The number of β-amino-alcohol motifs (C(OH)–C–C–N with tert-alkyl or cyclic N) is 1. The van der Waals surface area contributed by atoms with Crippen LogP contribution in [0.1, 0.15) is 24.7 Å². The molecule has 0 aliphatic carbocycles. The molecule has 0 amide bonds. The van der Waals surface area contributed by atoms with Gasteiger partial charge in [0.2, 0.25) is 10.0 Å². The third-order valence-electron chi connectivity index (χ3n) is 3.46. The largest absolute Gasteiger partial charge is 0.389 e. The molecule has 0 spiro atoms. The number of hydrogen-bond acceptors (Lipinski definition) is 4. The van der Waals surface area contributed by atoms with E-state index in [2.05, 4.69) is 5.10 Å². The van der Waals surface area contributed by atoms with Gasteiger partial charge in [-0.1, -0.05) is 0 Å². The van der Waals surface area contributed by atoms with Crippen molar-refractivity contribution in [2.45, 2.75) is 37.7 Å². The minimum absolute atomic E-state index is 0.142. The van der Waals surface area contributed by atoms with Crippen molar-refractivity contribution in [1.82, 2.24) is 14.1 Å². The Hall–Kier alpha value is -0.920. The van der Waals surface area contributed by atoms with Crippen molar-refractivity contribution in [1.29, 1.82) is 0 Å². The molecule has 1 saturated heterocycles. The van der Waals surface area contributed by atoms with E-state index >= 15 is 0 Å². The van der Waals surface area contributed by atoms with Crippen molar-refractivity contribution in [3.8, 4) is 0 Å². The first kappa shape index (κ1) is 13.5. The fourth-order valence-electron chi connectivity index (χ4n) is 2.37. The summed E-state index contributed by atoms with van der Waals surface area (Å²) in [5.74, 6) is 0. The molecule has 1 fully saturated rings. The minimum atomic E-state index is -3.56. The smallest absolute Gasteiger partial charge is 0.246 e. The monoisotopic (exact) mass is 273 g/mol. The summed E-state index contributed by atoms with van der Waals surface area (Å²) in [5.41, 5.74) is 0.192. The van der Waals surface area contributed by atoms with Crippen LogP contribution in [0.15, 0.2) is 4.90 Å². The average Bonchev–Trinajstić information content (AvgIpc) is 2.69. The third-order valence-corrected chi connectivity index (χ3v) is 5.56. The SMILES string of the molecule is Cc1nn(C)c(C)c1S(=O)(=O)N1CCC(C)(O)C1. The number of rotatable bonds is 2. The van der Waals surface area contributed by atoms with Crippen LogP contribution in [-0.4, -0.2) is 46.3 Å². The van der Waals surface area contributed by atoms with Gasteiger partial charge in [-0.3, -0.25) is 4.68 Å². The second kappa shape index (κ2) is 4.04. The van der Waals surface area contributed by atoms with E-state index in [0.717, 1.165) is 0 Å². The Kier molecular flexibility index (Phi) is 3.03. The number of aliphatic hydroxyl groups is 1. The van der Waals surface area contributed by atoms with Crippen molar-refractivity contribution in [3.05, 3.63) is 11.4 Å². The van der Waals surface area contributed by atoms with Crippen LogP contribution >= 0.6 is 0 Å². The standard InChI is InChI=1S/C11H19N3O3S/c1-8-10(9(2)13(4)12-8)18(16,17)14-6-5-11(3,15)7-14/h15H,5-7H2,1-4H3. The lowest BCUT2D eigenvalue weighted by Gasteiger charge is -2.19. The maximum Gasteiger partial charge on any atom is 0.246 e. The van der Waals surface area contributed by atoms with Gasteiger partial charge in [0.15, 0.2) is 0 Å². The Morgan fingerprint density at radius 1 is 1.39 bits per heavy atom. The molecule has 7 heteroatoms. The van der Waals surface area contributed by atoms with Crippen molar-refractivity contribution in [3.63, 3.8) is 0 Å². The fraction of sp³-hybridized carbons (Fsp3) is 0.727. The summed E-state index contributed by atoms with van der Waals surface area (Å²) in [6, 6.07) is 0. The van der Waals surface area contributed by atoms with E-state index in [9.17, 15) is 13.5 Å². The first-order valence-corrected chi connectivity index (χ1v) is 7.32. The van der Waals surface area contributed by atoms with Crippen LogP contribution in [0.2, 0.25) is 0 Å². The highest BCUT2D eigenvalue weighted by molar-refractivity contribution is 7.89. The molecule has 1 aliphatic rings. The molecule has 1 aromatic heterocycles. The van der Waals surface area contributed by atoms with E-state index in [0.29, 0.717) is 24.4 Å². The van der Waals surface area contributed by atoms with Crippen LogP contribution in [-0.2, 0) is 17.1 Å². The van der Waals surface area contributed by atoms with Gasteiger partial charge in [0.1, 0.15) is 4.90 Å². The topological polar surface area (TPSA) is 75.4 Å². The van der Waals surface area contributed by atoms with Crippen molar-refractivity contribution in [2.24, 2.45) is 7.05 Å². The molecule has 0 radical (unpaired) electrons. The number of hydrogen-bond donors (Lipinski definition) is 1. The van der Waals surface area contributed by atoms with E-state index in [1.54, 1.807) is 32.5 Å². The summed E-state index contributed by atoms with van der Waals surface area (Å²) >= 11 is 0. The summed E-state index contributed by atoms with van der Waals surface area (Å²) in [5, 5.41) is 14.0. The molecule has 18 heavy (non-hydrogen) atoms. The summed E-state index contributed by atoms with van der Waals surface area (Å²) in [7, 11) is -1.84. The lowest BCUT2D eigenvalue weighted by molar-refractivity contribution is 0.0762. The molecule has 102 valence electrons. The molecule has 0 aromatic carbocycles. The molecule has 1 aromatic rings. The predicted octanol–water partition coefficient (Wildman–Crippen LogP) is 0.182. The first-order chi connectivity index (χ1) is 8.15. The zero-order valence-electron chi connectivity index (χ0n) is 11.1. The van der Waals surface area contributed by atoms with Crippen LogP contribution in [0.3, 0.4) is 0 Å². The van der Waals surface area contributed by atoms with E-state index in [4.69, 9.17) is 0 Å². The van der Waals surface area contributed by atoms with Gasteiger partial charge in [-0.25, -0.2) is 8.42 Å². The van der Waals surface area contributed by atoms with Crippen LogP contribution in [0.5, 0.6) is 0 Å². The fourth-order valence-corrected chi connectivity index (χ4v) is 4.32. The molecule has 1 N–H and O–H groups in total. The van der Waals surface area contributed by atoms with Gasteiger partial charge in [0.05, 0.1) is 17.0 Å². The van der Waals surface area contributed by atoms with Gasteiger partial charge in [0.25, 0.3) is 0 Å². The van der Waals surface area contributed by atoms with Gasteiger partial charge in [0, 0.05) is 20.1 Å². The summed E-state index contributed by atoms with van der Waals surface area (Å²) in [4.78, 5) is 0.266. The summed E-state index contributed by atoms with van der Waals surface area (Å²) < 4.78 is 28.0. The normalized spacial score (nSPS) is 25.8. The quantitative estimate of drug-likeness (QED) is 0.834. The zero-order chi connectivity index (χ0) is 13.7. The van der Waals surface area contributed by atoms with Crippen molar-refractivity contribution in [2.75, 3.05) is 13.1 Å². The zero-order valence-corrected chi connectivity index (χ0v) is 12.0. The van der Waals surface area contributed by atoms with E-state index in [1.165, 1.54) is 4.31 Å². The minimum Gasteiger partial charge on any atom is -0.389 e. The lowest BCUT2D eigenvalue weighted by Crippen LogP contribution is -2.34. The van der Waals surface area contributed by atoms with Crippen LogP contribution in [0.4, 0.5) is 0 Å². The van der Waals surface area contributed by atoms with E-state index in [-0.39, 0.29) is 11.4 Å². The molecule has 6 nitrogen and oxygen atoms in total. The molecule has 1 aliphatic heterocycles. The maximum absolute atomic E-state index is 12.5. The molecular weight excluding hydrogens is 254 g/mol. The first-order valence-electron chi connectivity index (χ1n) is 5.88. The Morgan fingerprint density at radius 2 is 2.00 bits per heavy atom. The number of aromatic nitrogens is 2. The Labute approximate surface area is 107 Å².